The molecule has 0 amide bonds. The predicted molar refractivity (Wildman–Crippen MR) is 95.7 cm³/mol. The lowest BCUT2D eigenvalue weighted by molar-refractivity contribution is 0.110. The van der Waals surface area contributed by atoms with Crippen LogP contribution < -0.4 is 21.3 Å². The first-order chi connectivity index (χ1) is 11.8. The molecule has 1 saturated heterocycles. The second-order valence-electron chi connectivity index (χ2n) is 5.91. The zero-order chi connectivity index (χ0) is 16.8. The first-order valence-electron chi connectivity index (χ1n) is 8.43. The first-order valence-corrected chi connectivity index (χ1v) is 8.43. The van der Waals surface area contributed by atoms with Crippen molar-refractivity contribution in [2.24, 2.45) is 0 Å². The van der Waals surface area contributed by atoms with Gasteiger partial charge in [-0.3, -0.25) is 0 Å². The Balaban J connectivity index is 1.54. The summed E-state index contributed by atoms with van der Waals surface area (Å²) in [5.74, 6) is 0.875. The van der Waals surface area contributed by atoms with Gasteiger partial charge in [-0.15, -0.1) is 0 Å². The number of benzene rings is 2. The zero-order valence-corrected chi connectivity index (χ0v) is 14.0. The molecule has 2 atom stereocenters. The minimum atomic E-state index is 0.282. The number of hydrogen-bond acceptors (Lipinski definition) is 5. The van der Waals surface area contributed by atoms with Gasteiger partial charge in [0, 0.05) is 24.4 Å². The summed E-state index contributed by atoms with van der Waals surface area (Å²) in [6, 6.07) is 16.9. The Morgan fingerprint density at radius 1 is 0.917 bits per heavy atom. The van der Waals surface area contributed by atoms with Crippen molar-refractivity contribution in [3.05, 3.63) is 59.7 Å². The van der Waals surface area contributed by atoms with Gasteiger partial charge in [-0.2, -0.15) is 0 Å². The normalized spacial score (nSPS) is 20.2. The lowest BCUT2D eigenvalue weighted by Crippen LogP contribution is -2.26. The molecule has 0 aliphatic carbocycles. The van der Waals surface area contributed by atoms with Gasteiger partial charge < -0.3 is 15.2 Å². The molecule has 1 aliphatic rings. The summed E-state index contributed by atoms with van der Waals surface area (Å²) in [6.45, 7) is 3.90. The van der Waals surface area contributed by atoms with Crippen molar-refractivity contribution in [1.29, 1.82) is 0 Å². The number of nitrogens with one attached hydrogen (secondary N) is 2. The number of nitrogens with two attached hydrogens (primary N) is 1. The standard InChI is InChI=1S/C19H25N3O2/c1-2-23-11-12-24-17-9-5-15(6-10-17)19-13-18(21-22-19)14-3-7-16(20)8-4-14/h3-10,18-19,21-22H,2,11-13,20H2,1H3. The van der Waals surface area contributed by atoms with E-state index in [0.29, 0.717) is 13.2 Å². The molecular formula is C19H25N3O2. The number of hydrazine groups is 1. The van der Waals surface area contributed by atoms with Gasteiger partial charge in [0.2, 0.25) is 0 Å². The number of hydrogen-bond donors (Lipinski definition) is 3. The first kappa shape index (κ1) is 16.8. The van der Waals surface area contributed by atoms with E-state index in [-0.39, 0.29) is 12.1 Å². The molecule has 5 nitrogen and oxygen atoms in total. The Morgan fingerprint density at radius 2 is 1.50 bits per heavy atom. The third kappa shape index (κ3) is 4.26. The summed E-state index contributed by atoms with van der Waals surface area (Å²) in [4.78, 5) is 0. The molecule has 4 N–H and O–H groups in total. The van der Waals surface area contributed by atoms with Gasteiger partial charge in [0.15, 0.2) is 0 Å². The molecule has 2 aromatic carbocycles. The van der Waals surface area contributed by atoms with Crippen LogP contribution in [0, 0.1) is 0 Å². The summed E-state index contributed by atoms with van der Waals surface area (Å²) in [5.41, 5.74) is 15.8. The van der Waals surface area contributed by atoms with Crippen LogP contribution in [0.1, 0.15) is 36.6 Å². The third-order valence-corrected chi connectivity index (χ3v) is 4.23. The van der Waals surface area contributed by atoms with E-state index in [0.717, 1.165) is 24.5 Å². The van der Waals surface area contributed by atoms with Crippen LogP contribution in [-0.2, 0) is 4.74 Å². The fourth-order valence-corrected chi connectivity index (χ4v) is 2.88. The molecule has 2 aromatic rings. The summed E-state index contributed by atoms with van der Waals surface area (Å²) >= 11 is 0. The smallest absolute Gasteiger partial charge is 0.119 e. The molecule has 1 heterocycles. The zero-order valence-electron chi connectivity index (χ0n) is 14.0. The molecule has 1 aliphatic heterocycles. The van der Waals surface area contributed by atoms with Crippen molar-refractivity contribution < 1.29 is 9.47 Å². The van der Waals surface area contributed by atoms with E-state index in [1.165, 1.54) is 11.1 Å². The molecule has 0 bridgehead atoms. The van der Waals surface area contributed by atoms with Crippen LogP contribution in [0.4, 0.5) is 5.69 Å². The summed E-state index contributed by atoms with van der Waals surface area (Å²) in [7, 11) is 0. The number of ether oxygens (including phenoxy) is 2. The molecule has 0 saturated carbocycles. The van der Waals surface area contributed by atoms with Crippen molar-refractivity contribution in [2.45, 2.75) is 25.4 Å². The van der Waals surface area contributed by atoms with E-state index in [9.17, 15) is 0 Å². The fraction of sp³-hybridized carbons (Fsp3) is 0.368. The summed E-state index contributed by atoms with van der Waals surface area (Å²) in [5, 5.41) is 0. The van der Waals surface area contributed by atoms with Gasteiger partial charge in [-0.05, 0) is 48.7 Å². The van der Waals surface area contributed by atoms with Gasteiger partial charge in [0.25, 0.3) is 0 Å². The van der Waals surface area contributed by atoms with E-state index in [1.54, 1.807) is 0 Å². The Bertz CT molecular complexity index is 628. The summed E-state index contributed by atoms with van der Waals surface area (Å²) in [6.07, 6.45) is 0.995. The molecule has 5 heteroatoms. The average Bonchev–Trinajstić information content (AvgIpc) is 3.10. The largest absolute Gasteiger partial charge is 0.491 e. The minimum Gasteiger partial charge on any atom is -0.491 e. The molecule has 0 radical (unpaired) electrons. The maximum absolute atomic E-state index is 5.75. The molecule has 0 aromatic heterocycles. The van der Waals surface area contributed by atoms with E-state index < -0.39 is 0 Å². The molecule has 1 fully saturated rings. The lowest BCUT2D eigenvalue weighted by atomic mass is 9.97. The van der Waals surface area contributed by atoms with Crippen molar-refractivity contribution in [2.75, 3.05) is 25.6 Å². The maximum atomic E-state index is 5.75. The van der Waals surface area contributed by atoms with Crippen LogP contribution in [0.25, 0.3) is 0 Å². The van der Waals surface area contributed by atoms with Crippen LogP contribution in [0.3, 0.4) is 0 Å². The van der Waals surface area contributed by atoms with Crippen molar-refractivity contribution >= 4 is 5.69 Å². The lowest BCUT2D eigenvalue weighted by Gasteiger charge is -2.12. The number of anilines is 1. The van der Waals surface area contributed by atoms with E-state index in [4.69, 9.17) is 15.2 Å². The molecule has 2 unspecified atom stereocenters. The van der Waals surface area contributed by atoms with Crippen molar-refractivity contribution in [3.8, 4) is 5.75 Å². The number of rotatable bonds is 7. The van der Waals surface area contributed by atoms with Gasteiger partial charge in [-0.25, -0.2) is 10.9 Å². The highest BCUT2D eigenvalue weighted by Crippen LogP contribution is 2.31. The Morgan fingerprint density at radius 3 is 2.08 bits per heavy atom. The third-order valence-electron chi connectivity index (χ3n) is 4.23. The van der Waals surface area contributed by atoms with E-state index in [2.05, 4.69) is 35.1 Å². The average molecular weight is 327 g/mol. The van der Waals surface area contributed by atoms with Crippen LogP contribution in [-0.4, -0.2) is 19.8 Å². The highest BCUT2D eigenvalue weighted by molar-refractivity contribution is 5.40. The Hall–Kier alpha value is -2.08. The van der Waals surface area contributed by atoms with Gasteiger partial charge in [-0.1, -0.05) is 24.3 Å². The molecular weight excluding hydrogens is 302 g/mol. The molecule has 128 valence electrons. The van der Waals surface area contributed by atoms with Crippen LogP contribution in [0.15, 0.2) is 48.5 Å². The highest BCUT2D eigenvalue weighted by atomic mass is 16.5. The second-order valence-corrected chi connectivity index (χ2v) is 5.91. The van der Waals surface area contributed by atoms with Crippen LogP contribution >= 0.6 is 0 Å². The Labute approximate surface area is 143 Å². The van der Waals surface area contributed by atoms with Gasteiger partial charge >= 0.3 is 0 Å². The van der Waals surface area contributed by atoms with E-state index in [1.807, 2.05) is 31.2 Å². The van der Waals surface area contributed by atoms with Crippen LogP contribution in [0.2, 0.25) is 0 Å². The predicted octanol–water partition coefficient (Wildman–Crippen LogP) is 2.96. The van der Waals surface area contributed by atoms with E-state index >= 15 is 0 Å². The maximum Gasteiger partial charge on any atom is 0.119 e. The highest BCUT2D eigenvalue weighted by Gasteiger charge is 2.25. The molecule has 0 spiro atoms. The van der Waals surface area contributed by atoms with Gasteiger partial charge in [0.05, 0.1) is 6.61 Å². The SMILES string of the molecule is CCOCCOc1ccc(C2CC(c3ccc(N)cc3)NN2)cc1. The molecule has 3 rings (SSSR count). The van der Waals surface area contributed by atoms with Crippen LogP contribution in [0.5, 0.6) is 5.75 Å². The second kappa shape index (κ2) is 8.15. The fourth-order valence-electron chi connectivity index (χ4n) is 2.88. The van der Waals surface area contributed by atoms with Crippen molar-refractivity contribution in [3.63, 3.8) is 0 Å². The van der Waals surface area contributed by atoms with Gasteiger partial charge in [0.1, 0.15) is 12.4 Å². The minimum absolute atomic E-state index is 0.282. The quantitative estimate of drug-likeness (QED) is 0.539. The number of nitrogen functional groups attached to an aromatic ring is 1. The monoisotopic (exact) mass is 327 g/mol. The van der Waals surface area contributed by atoms with Crippen molar-refractivity contribution in [1.82, 2.24) is 10.9 Å². The molecule has 24 heavy (non-hydrogen) atoms. The Kier molecular flexibility index (Phi) is 5.69. The summed E-state index contributed by atoms with van der Waals surface area (Å²) < 4.78 is 10.9. The topological polar surface area (TPSA) is 68.5 Å².